The Hall–Kier alpha value is -2.34. The molecule has 1 N–H and O–H groups in total. The molecule has 2 aromatic rings. The number of ether oxygens (including phenoxy) is 1. The van der Waals surface area contributed by atoms with E-state index in [9.17, 15) is 9.59 Å². The number of hydrogen-bond acceptors (Lipinski definition) is 4. The van der Waals surface area contributed by atoms with Gasteiger partial charge in [0.15, 0.2) is 0 Å². The minimum Gasteiger partial charge on any atom is -0.497 e. The van der Waals surface area contributed by atoms with Crippen LogP contribution in [0.4, 0.5) is 0 Å². The molecule has 1 aliphatic rings. The molecule has 3 rings (SSSR count). The molecular formula is C18H20N2O3S. The zero-order valence-electron chi connectivity index (χ0n) is 13.5. The summed E-state index contributed by atoms with van der Waals surface area (Å²) in [7, 11) is 1.62. The van der Waals surface area contributed by atoms with E-state index in [4.69, 9.17) is 4.74 Å². The number of rotatable bonds is 5. The third-order valence-electron chi connectivity index (χ3n) is 4.17. The Labute approximate surface area is 145 Å². The topological polar surface area (TPSA) is 58.6 Å². The highest BCUT2D eigenvalue weighted by Crippen LogP contribution is 2.22. The molecule has 0 spiro atoms. The summed E-state index contributed by atoms with van der Waals surface area (Å²) in [5, 5.41) is 4.82. The van der Waals surface area contributed by atoms with Gasteiger partial charge in [0.05, 0.1) is 12.0 Å². The van der Waals surface area contributed by atoms with Gasteiger partial charge in [-0.05, 0) is 42.0 Å². The summed E-state index contributed by atoms with van der Waals surface area (Å²) in [6.45, 7) is 1.08. The molecule has 24 heavy (non-hydrogen) atoms. The van der Waals surface area contributed by atoms with Crippen molar-refractivity contribution < 1.29 is 14.3 Å². The molecule has 6 heteroatoms. The van der Waals surface area contributed by atoms with Gasteiger partial charge in [-0.3, -0.25) is 9.59 Å². The van der Waals surface area contributed by atoms with Crippen LogP contribution in [0.5, 0.6) is 5.75 Å². The number of benzene rings is 1. The molecule has 5 nitrogen and oxygen atoms in total. The van der Waals surface area contributed by atoms with Crippen molar-refractivity contribution in [3.8, 4) is 5.75 Å². The summed E-state index contributed by atoms with van der Waals surface area (Å²) in [6, 6.07) is 10.8. The normalized spacial score (nSPS) is 16.9. The number of hydrogen-bond donors (Lipinski definition) is 1. The minimum absolute atomic E-state index is 0.0490. The van der Waals surface area contributed by atoms with Crippen molar-refractivity contribution in [2.45, 2.75) is 25.4 Å². The first-order chi connectivity index (χ1) is 11.7. The van der Waals surface area contributed by atoms with E-state index >= 15 is 0 Å². The van der Waals surface area contributed by atoms with Gasteiger partial charge >= 0.3 is 0 Å². The lowest BCUT2D eigenvalue weighted by molar-refractivity contribution is -0.125. The second-order valence-electron chi connectivity index (χ2n) is 5.70. The van der Waals surface area contributed by atoms with Crippen molar-refractivity contribution >= 4 is 23.2 Å². The van der Waals surface area contributed by atoms with Gasteiger partial charge in [0, 0.05) is 13.1 Å². The van der Waals surface area contributed by atoms with Crippen LogP contribution in [-0.2, 0) is 11.3 Å². The first-order valence-electron chi connectivity index (χ1n) is 7.94. The maximum absolute atomic E-state index is 12.5. The minimum atomic E-state index is -0.377. The molecule has 0 bridgehead atoms. The average molecular weight is 344 g/mol. The van der Waals surface area contributed by atoms with E-state index in [1.165, 1.54) is 11.3 Å². The lowest BCUT2D eigenvalue weighted by Gasteiger charge is -2.23. The first kappa shape index (κ1) is 16.5. The molecule has 1 atom stereocenters. The van der Waals surface area contributed by atoms with Gasteiger partial charge in [0.1, 0.15) is 11.8 Å². The summed E-state index contributed by atoms with van der Waals surface area (Å²) < 4.78 is 5.12. The Balaban J connectivity index is 1.60. The molecule has 1 aliphatic heterocycles. The Morgan fingerprint density at radius 2 is 2.08 bits per heavy atom. The lowest BCUT2D eigenvalue weighted by Crippen LogP contribution is -2.45. The molecule has 0 unspecified atom stereocenters. The second-order valence-corrected chi connectivity index (χ2v) is 6.65. The highest BCUT2D eigenvalue weighted by molar-refractivity contribution is 7.12. The van der Waals surface area contributed by atoms with Crippen LogP contribution in [0.3, 0.4) is 0 Å². The molecule has 126 valence electrons. The van der Waals surface area contributed by atoms with Crippen LogP contribution in [-0.4, -0.2) is 36.4 Å². The van der Waals surface area contributed by atoms with Crippen molar-refractivity contribution in [1.29, 1.82) is 0 Å². The van der Waals surface area contributed by atoms with Gasteiger partial charge in [-0.25, -0.2) is 0 Å². The highest BCUT2D eigenvalue weighted by Gasteiger charge is 2.34. The SMILES string of the molecule is COc1ccc(CNC(=O)[C@@H]2CCCN2C(=O)c2cccs2)cc1. The number of nitrogens with one attached hydrogen (secondary N) is 1. The van der Waals surface area contributed by atoms with Gasteiger partial charge in [0.2, 0.25) is 5.91 Å². The molecule has 1 aromatic heterocycles. The van der Waals surface area contributed by atoms with Crippen LogP contribution in [0.1, 0.15) is 28.1 Å². The van der Waals surface area contributed by atoms with Crippen molar-refractivity contribution in [1.82, 2.24) is 10.2 Å². The van der Waals surface area contributed by atoms with Crippen LogP contribution in [0.2, 0.25) is 0 Å². The summed E-state index contributed by atoms with van der Waals surface area (Å²) >= 11 is 1.41. The van der Waals surface area contributed by atoms with E-state index in [-0.39, 0.29) is 17.9 Å². The molecule has 0 radical (unpaired) electrons. The zero-order chi connectivity index (χ0) is 16.9. The summed E-state index contributed by atoms with van der Waals surface area (Å²) in [4.78, 5) is 27.4. The van der Waals surface area contributed by atoms with Crippen LogP contribution >= 0.6 is 11.3 Å². The van der Waals surface area contributed by atoms with E-state index in [2.05, 4.69) is 5.32 Å². The number of nitrogens with zero attached hydrogens (tertiary/aromatic N) is 1. The standard InChI is InChI=1S/C18H20N2O3S/c1-23-14-8-6-13(7-9-14)12-19-17(21)15-4-2-10-20(15)18(22)16-5-3-11-24-16/h3,5-9,11,15H,2,4,10,12H2,1H3,(H,19,21)/t15-/m0/s1. The molecular weight excluding hydrogens is 324 g/mol. The number of carbonyl (C=O) groups is 2. The quantitative estimate of drug-likeness (QED) is 0.907. The second kappa shape index (κ2) is 7.49. The van der Waals surface area contributed by atoms with Crippen LogP contribution in [0.15, 0.2) is 41.8 Å². The number of methoxy groups -OCH3 is 1. The maximum atomic E-state index is 12.5. The van der Waals surface area contributed by atoms with Crippen LogP contribution in [0, 0.1) is 0 Å². The van der Waals surface area contributed by atoms with Crippen molar-refractivity contribution in [2.24, 2.45) is 0 Å². The molecule has 1 fully saturated rings. The maximum Gasteiger partial charge on any atom is 0.264 e. The first-order valence-corrected chi connectivity index (χ1v) is 8.82. The Morgan fingerprint density at radius 3 is 2.75 bits per heavy atom. The molecule has 2 heterocycles. The lowest BCUT2D eigenvalue weighted by atomic mass is 10.1. The molecule has 1 saturated heterocycles. The Bertz CT molecular complexity index is 698. The smallest absolute Gasteiger partial charge is 0.264 e. The van der Waals surface area contributed by atoms with Gasteiger partial charge < -0.3 is 15.0 Å². The Kier molecular flexibility index (Phi) is 5.15. The summed E-state index contributed by atoms with van der Waals surface area (Å²) in [5.41, 5.74) is 0.998. The number of amides is 2. The fraction of sp³-hybridized carbons (Fsp3) is 0.333. The van der Waals surface area contributed by atoms with Crippen molar-refractivity contribution in [3.63, 3.8) is 0 Å². The number of carbonyl (C=O) groups excluding carboxylic acids is 2. The molecule has 0 aliphatic carbocycles. The number of likely N-dealkylation sites (tertiary alicyclic amines) is 1. The van der Waals surface area contributed by atoms with E-state index in [0.717, 1.165) is 17.7 Å². The summed E-state index contributed by atoms with van der Waals surface area (Å²) in [6.07, 6.45) is 1.57. The van der Waals surface area contributed by atoms with E-state index < -0.39 is 0 Å². The predicted molar refractivity (Wildman–Crippen MR) is 93.2 cm³/mol. The highest BCUT2D eigenvalue weighted by atomic mass is 32.1. The number of thiophene rings is 1. The third-order valence-corrected chi connectivity index (χ3v) is 5.03. The van der Waals surface area contributed by atoms with Crippen LogP contribution in [0.25, 0.3) is 0 Å². The zero-order valence-corrected chi connectivity index (χ0v) is 14.3. The predicted octanol–water partition coefficient (Wildman–Crippen LogP) is 2.68. The third kappa shape index (κ3) is 3.59. The Morgan fingerprint density at radius 1 is 1.29 bits per heavy atom. The van der Waals surface area contributed by atoms with E-state index in [1.54, 1.807) is 18.1 Å². The van der Waals surface area contributed by atoms with E-state index in [1.807, 2.05) is 35.7 Å². The van der Waals surface area contributed by atoms with Crippen molar-refractivity contribution in [3.05, 3.63) is 52.2 Å². The van der Waals surface area contributed by atoms with Gasteiger partial charge in [0.25, 0.3) is 5.91 Å². The monoisotopic (exact) mass is 344 g/mol. The molecule has 1 aromatic carbocycles. The fourth-order valence-corrected chi connectivity index (χ4v) is 3.55. The van der Waals surface area contributed by atoms with Crippen LogP contribution < -0.4 is 10.1 Å². The van der Waals surface area contributed by atoms with E-state index in [0.29, 0.717) is 24.4 Å². The van der Waals surface area contributed by atoms with Crippen molar-refractivity contribution in [2.75, 3.05) is 13.7 Å². The fourth-order valence-electron chi connectivity index (χ4n) is 2.87. The van der Waals surface area contributed by atoms with Gasteiger partial charge in [-0.1, -0.05) is 18.2 Å². The molecule has 0 saturated carbocycles. The summed E-state index contributed by atoms with van der Waals surface area (Å²) in [5.74, 6) is 0.647. The largest absolute Gasteiger partial charge is 0.497 e. The molecule has 2 amide bonds. The average Bonchev–Trinajstić information content (AvgIpc) is 3.31. The van der Waals surface area contributed by atoms with Gasteiger partial charge in [-0.2, -0.15) is 0 Å². The van der Waals surface area contributed by atoms with Gasteiger partial charge in [-0.15, -0.1) is 11.3 Å².